The Morgan fingerprint density at radius 3 is 2.33 bits per heavy atom. The van der Waals surface area contributed by atoms with E-state index in [-0.39, 0.29) is 6.61 Å². The first-order chi connectivity index (χ1) is 10.0. The zero-order valence-corrected chi connectivity index (χ0v) is 13.8. The predicted octanol–water partition coefficient (Wildman–Crippen LogP) is 4.89. The van der Waals surface area contributed by atoms with E-state index in [1.165, 1.54) is 22.4 Å². The van der Waals surface area contributed by atoms with Crippen LogP contribution >= 0.6 is 0 Å². The lowest BCUT2D eigenvalue weighted by Crippen LogP contribution is -2.03. The van der Waals surface area contributed by atoms with Crippen molar-refractivity contribution in [1.29, 1.82) is 0 Å². The van der Waals surface area contributed by atoms with Crippen LogP contribution in [0, 0.1) is 0 Å². The van der Waals surface area contributed by atoms with Gasteiger partial charge in [0.2, 0.25) is 0 Å². The molecule has 0 spiro atoms. The van der Waals surface area contributed by atoms with Crippen molar-refractivity contribution >= 4 is 5.69 Å². The number of aliphatic hydroxyl groups is 1. The van der Waals surface area contributed by atoms with E-state index in [0.29, 0.717) is 5.92 Å². The van der Waals surface area contributed by atoms with Crippen molar-refractivity contribution < 1.29 is 5.11 Å². The minimum atomic E-state index is 0.141. The Morgan fingerprint density at radius 1 is 1.10 bits per heavy atom. The van der Waals surface area contributed by atoms with Crippen LogP contribution in [-0.2, 0) is 0 Å². The zero-order valence-electron chi connectivity index (χ0n) is 13.8. The van der Waals surface area contributed by atoms with Crippen molar-refractivity contribution in [2.45, 2.75) is 46.5 Å². The molecule has 0 bridgehead atoms. The van der Waals surface area contributed by atoms with Crippen LogP contribution in [0.1, 0.15) is 52.0 Å². The number of aliphatic hydroxyl groups excluding tert-OH is 1. The Labute approximate surface area is 129 Å². The SMILES string of the molecule is C/C(=C\CO)CC/C=C(\C)CNc1ccc(C(C)C)cc1. The molecular formula is C19H29NO. The summed E-state index contributed by atoms with van der Waals surface area (Å²) in [4.78, 5) is 0. The van der Waals surface area contributed by atoms with Crippen LogP contribution < -0.4 is 5.32 Å². The van der Waals surface area contributed by atoms with E-state index in [1.54, 1.807) is 0 Å². The van der Waals surface area contributed by atoms with Crippen LogP contribution in [0.3, 0.4) is 0 Å². The number of anilines is 1. The van der Waals surface area contributed by atoms with Crippen molar-refractivity contribution in [3.8, 4) is 0 Å². The summed E-state index contributed by atoms with van der Waals surface area (Å²) in [5.74, 6) is 0.580. The average Bonchev–Trinajstić information content (AvgIpc) is 2.46. The van der Waals surface area contributed by atoms with E-state index in [0.717, 1.165) is 19.4 Å². The van der Waals surface area contributed by atoms with Gasteiger partial charge in [-0.3, -0.25) is 0 Å². The van der Waals surface area contributed by atoms with Crippen LogP contribution in [0.4, 0.5) is 5.69 Å². The number of rotatable bonds is 8. The first kappa shape index (κ1) is 17.5. The maximum absolute atomic E-state index is 8.81. The molecule has 0 atom stereocenters. The van der Waals surface area contributed by atoms with Gasteiger partial charge in [0.15, 0.2) is 0 Å². The molecule has 0 saturated carbocycles. The molecular weight excluding hydrogens is 258 g/mol. The fraction of sp³-hybridized carbons (Fsp3) is 0.474. The molecule has 0 heterocycles. The van der Waals surface area contributed by atoms with Gasteiger partial charge in [0.25, 0.3) is 0 Å². The Hall–Kier alpha value is -1.54. The summed E-state index contributed by atoms with van der Waals surface area (Å²) < 4.78 is 0. The minimum Gasteiger partial charge on any atom is -0.392 e. The molecule has 0 fully saturated rings. The average molecular weight is 287 g/mol. The van der Waals surface area contributed by atoms with E-state index in [1.807, 2.05) is 6.08 Å². The van der Waals surface area contributed by atoms with Crippen LogP contribution in [-0.4, -0.2) is 18.3 Å². The van der Waals surface area contributed by atoms with Gasteiger partial charge in [-0.1, -0.05) is 49.3 Å². The van der Waals surface area contributed by atoms with Gasteiger partial charge in [-0.2, -0.15) is 0 Å². The van der Waals surface area contributed by atoms with E-state index < -0.39 is 0 Å². The third kappa shape index (κ3) is 7.14. The minimum absolute atomic E-state index is 0.141. The Kier molecular flexibility index (Phi) is 7.84. The topological polar surface area (TPSA) is 32.3 Å². The molecule has 0 saturated heterocycles. The lowest BCUT2D eigenvalue weighted by molar-refractivity contribution is 0.341. The van der Waals surface area contributed by atoms with E-state index >= 15 is 0 Å². The molecule has 0 radical (unpaired) electrons. The summed E-state index contributed by atoms with van der Waals surface area (Å²) in [5, 5.41) is 12.3. The summed E-state index contributed by atoms with van der Waals surface area (Å²) in [6.07, 6.45) is 6.19. The summed E-state index contributed by atoms with van der Waals surface area (Å²) in [6.45, 7) is 9.66. The van der Waals surface area contributed by atoms with Crippen molar-refractivity contribution in [1.82, 2.24) is 0 Å². The highest BCUT2D eigenvalue weighted by atomic mass is 16.2. The number of benzene rings is 1. The fourth-order valence-electron chi connectivity index (χ4n) is 2.10. The molecule has 0 aliphatic rings. The van der Waals surface area contributed by atoms with E-state index in [9.17, 15) is 0 Å². The smallest absolute Gasteiger partial charge is 0.0614 e. The highest BCUT2D eigenvalue weighted by Gasteiger charge is 1.98. The Morgan fingerprint density at radius 2 is 1.76 bits per heavy atom. The van der Waals surface area contributed by atoms with Gasteiger partial charge in [0, 0.05) is 12.2 Å². The van der Waals surface area contributed by atoms with Crippen molar-refractivity contribution in [2.24, 2.45) is 0 Å². The molecule has 1 aromatic carbocycles. The lowest BCUT2D eigenvalue weighted by Gasteiger charge is -2.09. The molecule has 2 heteroatoms. The van der Waals surface area contributed by atoms with Gasteiger partial charge in [-0.15, -0.1) is 0 Å². The van der Waals surface area contributed by atoms with E-state index in [2.05, 4.69) is 63.4 Å². The number of nitrogens with one attached hydrogen (secondary N) is 1. The molecule has 0 aliphatic carbocycles. The van der Waals surface area contributed by atoms with Crippen molar-refractivity contribution in [3.05, 3.63) is 53.1 Å². The van der Waals surface area contributed by atoms with Crippen LogP contribution in [0.2, 0.25) is 0 Å². The van der Waals surface area contributed by atoms with Crippen molar-refractivity contribution in [2.75, 3.05) is 18.5 Å². The quantitative estimate of drug-likeness (QED) is 0.667. The van der Waals surface area contributed by atoms with Crippen LogP contribution in [0.15, 0.2) is 47.6 Å². The van der Waals surface area contributed by atoms with Gasteiger partial charge in [0.1, 0.15) is 0 Å². The van der Waals surface area contributed by atoms with Crippen LogP contribution in [0.25, 0.3) is 0 Å². The molecule has 1 aromatic rings. The molecule has 116 valence electrons. The number of hydrogen-bond acceptors (Lipinski definition) is 2. The van der Waals surface area contributed by atoms with Crippen LogP contribution in [0.5, 0.6) is 0 Å². The summed E-state index contributed by atoms with van der Waals surface area (Å²) in [5.41, 5.74) is 5.14. The van der Waals surface area contributed by atoms with Crippen molar-refractivity contribution in [3.63, 3.8) is 0 Å². The molecule has 0 aliphatic heterocycles. The molecule has 0 aromatic heterocycles. The summed E-state index contributed by atoms with van der Waals surface area (Å²) >= 11 is 0. The molecule has 0 amide bonds. The molecule has 21 heavy (non-hydrogen) atoms. The Balaban J connectivity index is 2.38. The van der Waals surface area contributed by atoms with E-state index in [4.69, 9.17) is 5.11 Å². The second-order valence-electron chi connectivity index (χ2n) is 5.95. The highest BCUT2D eigenvalue weighted by molar-refractivity contribution is 5.46. The second kappa shape index (κ2) is 9.41. The van der Waals surface area contributed by atoms with Gasteiger partial charge < -0.3 is 10.4 Å². The summed E-state index contributed by atoms with van der Waals surface area (Å²) in [6, 6.07) is 8.68. The van der Waals surface area contributed by atoms with Gasteiger partial charge in [-0.05, 0) is 50.3 Å². The maximum Gasteiger partial charge on any atom is 0.0614 e. The molecule has 0 unspecified atom stereocenters. The van der Waals surface area contributed by atoms with Gasteiger partial charge in [-0.25, -0.2) is 0 Å². The summed E-state index contributed by atoms with van der Waals surface area (Å²) in [7, 11) is 0. The third-order valence-electron chi connectivity index (χ3n) is 3.62. The predicted molar refractivity (Wildman–Crippen MR) is 92.9 cm³/mol. The number of hydrogen-bond donors (Lipinski definition) is 2. The van der Waals surface area contributed by atoms with Gasteiger partial charge in [0.05, 0.1) is 6.61 Å². The first-order valence-electron chi connectivity index (χ1n) is 7.79. The third-order valence-corrected chi connectivity index (χ3v) is 3.62. The first-order valence-corrected chi connectivity index (χ1v) is 7.79. The second-order valence-corrected chi connectivity index (χ2v) is 5.95. The highest BCUT2D eigenvalue weighted by Crippen LogP contribution is 2.17. The molecule has 1 rings (SSSR count). The lowest BCUT2D eigenvalue weighted by atomic mass is 10.0. The fourth-order valence-corrected chi connectivity index (χ4v) is 2.10. The normalized spacial score (nSPS) is 12.9. The van der Waals surface area contributed by atoms with Gasteiger partial charge >= 0.3 is 0 Å². The monoisotopic (exact) mass is 287 g/mol. The zero-order chi connectivity index (χ0) is 15.7. The molecule has 2 nitrogen and oxygen atoms in total. The maximum atomic E-state index is 8.81. The largest absolute Gasteiger partial charge is 0.392 e. The number of allylic oxidation sites excluding steroid dienone is 2. The standard InChI is InChI=1S/C19H29NO/c1-15(2)18-8-10-19(11-9-18)20-14-17(4)7-5-6-16(3)12-13-21/h7-12,15,20-21H,5-6,13-14H2,1-4H3/b16-12+,17-7+. The molecule has 2 N–H and O–H groups in total. The Bertz CT molecular complexity index is 469.